The molecule has 5 nitrogen and oxygen atoms in total. The third-order valence-corrected chi connectivity index (χ3v) is 5.36. The summed E-state index contributed by atoms with van der Waals surface area (Å²) in [5.74, 6) is 0.322. The summed E-state index contributed by atoms with van der Waals surface area (Å²) in [5, 5.41) is 3.63. The molecule has 6 heteroatoms. The third-order valence-electron chi connectivity index (χ3n) is 4.32. The van der Waals surface area contributed by atoms with Crippen LogP contribution in [0.1, 0.15) is 30.1 Å². The maximum absolute atomic E-state index is 12.5. The summed E-state index contributed by atoms with van der Waals surface area (Å²) in [7, 11) is 1.95. The number of nitrogens with zero attached hydrogens (tertiary/aromatic N) is 2. The van der Waals surface area contributed by atoms with E-state index in [4.69, 9.17) is 0 Å². The monoisotopic (exact) mass is 393 g/mol. The van der Waals surface area contributed by atoms with Gasteiger partial charge < -0.3 is 9.88 Å². The predicted molar refractivity (Wildman–Crippen MR) is 114 cm³/mol. The third kappa shape index (κ3) is 4.89. The lowest BCUT2D eigenvalue weighted by molar-refractivity contribution is -0.116. The lowest BCUT2D eigenvalue weighted by atomic mass is 10.1. The highest BCUT2D eigenvalue weighted by molar-refractivity contribution is 7.99. The molecular formula is C22H23N3O2S. The quantitative estimate of drug-likeness (QED) is 0.441. The largest absolute Gasteiger partial charge is 0.326 e. The van der Waals surface area contributed by atoms with E-state index < -0.39 is 0 Å². The number of rotatable bonds is 8. The molecule has 144 valence electrons. The molecule has 0 aliphatic rings. The molecule has 1 amide bonds. The number of amides is 1. The van der Waals surface area contributed by atoms with Gasteiger partial charge >= 0.3 is 0 Å². The van der Waals surface area contributed by atoms with E-state index in [1.807, 2.05) is 55.1 Å². The van der Waals surface area contributed by atoms with Crippen LogP contribution >= 0.6 is 11.8 Å². The first kappa shape index (κ1) is 19.9. The molecule has 0 saturated carbocycles. The summed E-state index contributed by atoms with van der Waals surface area (Å²) in [5.41, 5.74) is 3.44. The summed E-state index contributed by atoms with van der Waals surface area (Å²) in [6.07, 6.45) is 3.13. The lowest BCUT2D eigenvalue weighted by Gasteiger charge is -2.07. The Morgan fingerprint density at radius 3 is 2.46 bits per heavy atom. The second-order valence-corrected chi connectivity index (χ2v) is 7.38. The minimum Gasteiger partial charge on any atom is -0.326 e. The summed E-state index contributed by atoms with van der Waals surface area (Å²) in [6.45, 7) is 1.96. The van der Waals surface area contributed by atoms with E-state index in [-0.39, 0.29) is 11.7 Å². The van der Waals surface area contributed by atoms with Gasteiger partial charge in [0.25, 0.3) is 0 Å². The van der Waals surface area contributed by atoms with Crippen LogP contribution in [0.3, 0.4) is 0 Å². The number of hydrogen-bond acceptors (Lipinski definition) is 4. The molecular weight excluding hydrogens is 370 g/mol. The highest BCUT2D eigenvalue weighted by Gasteiger charge is 2.12. The molecule has 0 unspecified atom stereocenters. The minimum absolute atomic E-state index is 0.0128. The van der Waals surface area contributed by atoms with Crippen molar-refractivity contribution < 1.29 is 9.59 Å². The SMILES string of the molecule is CCCC(=O)Nc1ccc(C(=O)CSc2ncc(-c3ccccc3)n2C)cc1. The minimum atomic E-state index is -0.0128. The van der Waals surface area contributed by atoms with Crippen molar-refractivity contribution in [3.8, 4) is 11.3 Å². The van der Waals surface area contributed by atoms with Gasteiger partial charge in [-0.15, -0.1) is 0 Å². The van der Waals surface area contributed by atoms with Crippen LogP contribution in [0.5, 0.6) is 0 Å². The highest BCUT2D eigenvalue weighted by atomic mass is 32.2. The molecule has 3 rings (SSSR count). The van der Waals surface area contributed by atoms with Crippen molar-refractivity contribution in [3.63, 3.8) is 0 Å². The Hall–Kier alpha value is -2.86. The fourth-order valence-electron chi connectivity index (χ4n) is 2.81. The number of benzene rings is 2. The second kappa shape index (κ2) is 9.37. The number of nitrogens with one attached hydrogen (secondary N) is 1. The molecule has 3 aromatic rings. The zero-order chi connectivity index (χ0) is 19.9. The van der Waals surface area contributed by atoms with E-state index in [0.29, 0.717) is 23.4 Å². The average molecular weight is 394 g/mol. The molecule has 28 heavy (non-hydrogen) atoms. The number of carbonyl (C=O) groups excluding carboxylic acids is 2. The first-order valence-corrected chi connectivity index (χ1v) is 10.2. The number of aromatic nitrogens is 2. The molecule has 0 spiro atoms. The number of hydrogen-bond donors (Lipinski definition) is 1. The van der Waals surface area contributed by atoms with Crippen molar-refractivity contribution in [1.82, 2.24) is 9.55 Å². The highest BCUT2D eigenvalue weighted by Crippen LogP contribution is 2.25. The summed E-state index contributed by atoms with van der Waals surface area (Å²) >= 11 is 1.42. The van der Waals surface area contributed by atoms with Crippen LogP contribution in [0.25, 0.3) is 11.3 Å². The molecule has 0 fully saturated rings. The fourth-order valence-corrected chi connectivity index (χ4v) is 3.65. The molecule has 1 N–H and O–H groups in total. The topological polar surface area (TPSA) is 64.0 Å². The Balaban J connectivity index is 1.60. The molecule has 1 aromatic heterocycles. The van der Waals surface area contributed by atoms with Gasteiger partial charge in [-0.05, 0) is 36.2 Å². The van der Waals surface area contributed by atoms with Gasteiger partial charge in [-0.1, -0.05) is 49.0 Å². The van der Waals surface area contributed by atoms with E-state index in [1.165, 1.54) is 11.8 Å². The Kier molecular flexibility index (Phi) is 6.66. The van der Waals surface area contributed by atoms with Crippen molar-refractivity contribution in [3.05, 3.63) is 66.4 Å². The normalized spacial score (nSPS) is 10.6. The summed E-state index contributed by atoms with van der Waals surface area (Å²) in [6, 6.07) is 17.1. The molecule has 0 saturated heterocycles. The molecule has 0 bridgehead atoms. The maximum atomic E-state index is 12.5. The maximum Gasteiger partial charge on any atom is 0.224 e. The Morgan fingerprint density at radius 2 is 1.79 bits per heavy atom. The molecule has 1 heterocycles. The van der Waals surface area contributed by atoms with E-state index in [9.17, 15) is 9.59 Å². The predicted octanol–water partition coefficient (Wildman–Crippen LogP) is 4.80. The first-order valence-electron chi connectivity index (χ1n) is 9.21. The zero-order valence-electron chi connectivity index (χ0n) is 16.0. The summed E-state index contributed by atoms with van der Waals surface area (Å²) < 4.78 is 2.00. The van der Waals surface area contributed by atoms with Gasteiger partial charge in [-0.2, -0.15) is 0 Å². The van der Waals surface area contributed by atoms with Gasteiger partial charge in [-0.3, -0.25) is 9.59 Å². The van der Waals surface area contributed by atoms with E-state index in [1.54, 1.807) is 24.3 Å². The Labute approximate surface area is 169 Å². The molecule has 2 aromatic carbocycles. The van der Waals surface area contributed by atoms with E-state index >= 15 is 0 Å². The van der Waals surface area contributed by atoms with Crippen LogP contribution in [0.2, 0.25) is 0 Å². The number of ketones is 1. The van der Waals surface area contributed by atoms with Gasteiger partial charge in [0.2, 0.25) is 5.91 Å². The van der Waals surface area contributed by atoms with Gasteiger partial charge in [-0.25, -0.2) is 4.98 Å². The van der Waals surface area contributed by atoms with Gasteiger partial charge in [0.15, 0.2) is 10.9 Å². The van der Waals surface area contributed by atoms with Crippen molar-refractivity contribution in [2.45, 2.75) is 24.9 Å². The van der Waals surface area contributed by atoms with Crippen LogP contribution in [0, 0.1) is 0 Å². The smallest absolute Gasteiger partial charge is 0.224 e. The first-order chi connectivity index (χ1) is 13.6. The van der Waals surface area contributed by atoms with Crippen LogP contribution in [-0.2, 0) is 11.8 Å². The molecule has 0 aliphatic carbocycles. The van der Waals surface area contributed by atoms with Crippen molar-refractivity contribution in [1.29, 1.82) is 0 Å². The van der Waals surface area contributed by atoms with Crippen LogP contribution in [0.4, 0.5) is 5.69 Å². The standard InChI is InChI=1S/C22H23N3O2S/c1-3-7-21(27)24-18-12-10-17(11-13-18)20(26)15-28-22-23-14-19(25(22)2)16-8-5-4-6-9-16/h4-6,8-14H,3,7,15H2,1-2H3,(H,24,27). The molecule has 0 aliphatic heterocycles. The van der Waals surface area contributed by atoms with E-state index in [0.717, 1.165) is 22.8 Å². The van der Waals surface area contributed by atoms with E-state index in [2.05, 4.69) is 10.3 Å². The fraction of sp³-hybridized carbons (Fsp3) is 0.227. The van der Waals surface area contributed by atoms with Crippen molar-refractivity contribution >= 4 is 29.1 Å². The number of imidazole rings is 1. The van der Waals surface area contributed by atoms with Gasteiger partial charge in [0, 0.05) is 24.7 Å². The van der Waals surface area contributed by atoms with Crippen LogP contribution in [0.15, 0.2) is 66.0 Å². The number of Topliss-reactive ketones (excluding diaryl/α,β-unsaturated/α-hetero) is 1. The van der Waals surface area contributed by atoms with Crippen molar-refractivity contribution in [2.24, 2.45) is 7.05 Å². The number of anilines is 1. The second-order valence-electron chi connectivity index (χ2n) is 6.44. The summed E-state index contributed by atoms with van der Waals surface area (Å²) in [4.78, 5) is 28.6. The Morgan fingerprint density at radius 1 is 1.07 bits per heavy atom. The lowest BCUT2D eigenvalue weighted by Crippen LogP contribution is -2.11. The van der Waals surface area contributed by atoms with Gasteiger partial charge in [0.05, 0.1) is 17.6 Å². The van der Waals surface area contributed by atoms with Crippen LogP contribution in [-0.4, -0.2) is 27.0 Å². The number of thioether (sulfide) groups is 1. The zero-order valence-corrected chi connectivity index (χ0v) is 16.8. The van der Waals surface area contributed by atoms with Gasteiger partial charge in [0.1, 0.15) is 0 Å². The Bertz CT molecular complexity index is 950. The van der Waals surface area contributed by atoms with Crippen LogP contribution < -0.4 is 5.32 Å². The number of carbonyl (C=O) groups is 2. The average Bonchev–Trinajstić information content (AvgIpc) is 3.08. The molecule has 0 atom stereocenters. The van der Waals surface area contributed by atoms with Crippen molar-refractivity contribution in [2.75, 3.05) is 11.1 Å². The molecule has 0 radical (unpaired) electrons.